The highest BCUT2D eigenvalue weighted by molar-refractivity contribution is 5.91. The average Bonchev–Trinajstić information content (AvgIpc) is 3.22. The van der Waals surface area contributed by atoms with E-state index in [4.69, 9.17) is 4.42 Å². The molecule has 0 aliphatic heterocycles. The maximum atomic E-state index is 12.6. The molecule has 0 radical (unpaired) electrons. The SMILES string of the molecule is CCCN(Cc1cccn1Cc1ccc(C(=O)NC(C)(C)C)o1)C(=O)CC(C)C. The predicted molar refractivity (Wildman–Crippen MR) is 115 cm³/mol. The van der Waals surface area contributed by atoms with E-state index in [1.807, 2.05) is 50.1 Å². The van der Waals surface area contributed by atoms with Crippen LogP contribution in [0.5, 0.6) is 0 Å². The molecule has 0 aliphatic carbocycles. The van der Waals surface area contributed by atoms with Crippen molar-refractivity contribution in [2.45, 2.75) is 73.0 Å². The number of amides is 2. The standard InChI is InChI=1S/C23H35N3O3/c1-7-12-26(21(27)14-17(2)3)15-18-9-8-13-25(18)16-19-10-11-20(29-19)22(28)24-23(4,5)6/h8-11,13,17H,7,12,14-16H2,1-6H3,(H,24,28). The summed E-state index contributed by atoms with van der Waals surface area (Å²) in [6.07, 6.45) is 3.46. The number of hydrogen-bond donors (Lipinski definition) is 1. The highest BCUT2D eigenvalue weighted by Crippen LogP contribution is 2.16. The fraction of sp³-hybridized carbons (Fsp3) is 0.565. The van der Waals surface area contributed by atoms with Crippen molar-refractivity contribution < 1.29 is 14.0 Å². The van der Waals surface area contributed by atoms with Crippen LogP contribution in [0.25, 0.3) is 0 Å². The van der Waals surface area contributed by atoms with Crippen molar-refractivity contribution in [2.24, 2.45) is 5.92 Å². The molecule has 0 bridgehead atoms. The molecular formula is C23H35N3O3. The van der Waals surface area contributed by atoms with Gasteiger partial charge in [0.25, 0.3) is 5.91 Å². The van der Waals surface area contributed by atoms with Gasteiger partial charge in [0.2, 0.25) is 5.91 Å². The van der Waals surface area contributed by atoms with Crippen LogP contribution in [0.2, 0.25) is 0 Å². The summed E-state index contributed by atoms with van der Waals surface area (Å²) in [6, 6.07) is 7.54. The first-order valence-electron chi connectivity index (χ1n) is 10.4. The van der Waals surface area contributed by atoms with Crippen LogP contribution in [0.1, 0.15) is 76.4 Å². The summed E-state index contributed by atoms with van der Waals surface area (Å²) in [5, 5.41) is 2.90. The van der Waals surface area contributed by atoms with E-state index in [2.05, 4.69) is 30.7 Å². The molecule has 29 heavy (non-hydrogen) atoms. The van der Waals surface area contributed by atoms with Crippen LogP contribution >= 0.6 is 0 Å². The first kappa shape index (κ1) is 22.8. The Balaban J connectivity index is 2.08. The van der Waals surface area contributed by atoms with Gasteiger partial charge in [-0.25, -0.2) is 0 Å². The van der Waals surface area contributed by atoms with Gasteiger partial charge in [0.1, 0.15) is 5.76 Å². The van der Waals surface area contributed by atoms with E-state index in [-0.39, 0.29) is 17.4 Å². The molecule has 0 atom stereocenters. The third-order valence-corrected chi connectivity index (χ3v) is 4.41. The molecule has 0 saturated heterocycles. The Hall–Kier alpha value is -2.50. The molecule has 2 aromatic heterocycles. The van der Waals surface area contributed by atoms with E-state index >= 15 is 0 Å². The zero-order chi connectivity index (χ0) is 21.6. The van der Waals surface area contributed by atoms with Crippen molar-refractivity contribution in [3.63, 3.8) is 0 Å². The van der Waals surface area contributed by atoms with Crippen molar-refractivity contribution in [1.82, 2.24) is 14.8 Å². The van der Waals surface area contributed by atoms with Gasteiger partial charge >= 0.3 is 0 Å². The summed E-state index contributed by atoms with van der Waals surface area (Å²) in [5.41, 5.74) is 0.732. The van der Waals surface area contributed by atoms with Crippen molar-refractivity contribution in [1.29, 1.82) is 0 Å². The fourth-order valence-electron chi connectivity index (χ4n) is 3.14. The van der Waals surface area contributed by atoms with Crippen LogP contribution in [0.15, 0.2) is 34.9 Å². The Labute approximate surface area is 174 Å². The summed E-state index contributed by atoms with van der Waals surface area (Å²) in [5.74, 6) is 1.33. The van der Waals surface area contributed by atoms with E-state index < -0.39 is 0 Å². The van der Waals surface area contributed by atoms with Gasteiger partial charge in [-0.05, 0) is 57.4 Å². The second-order valence-electron chi connectivity index (χ2n) is 9.01. The number of nitrogens with one attached hydrogen (secondary N) is 1. The van der Waals surface area contributed by atoms with E-state index in [1.54, 1.807) is 6.07 Å². The van der Waals surface area contributed by atoms with Gasteiger partial charge in [-0.2, -0.15) is 0 Å². The number of rotatable bonds is 9. The monoisotopic (exact) mass is 401 g/mol. The molecular weight excluding hydrogens is 366 g/mol. The Morgan fingerprint density at radius 3 is 2.55 bits per heavy atom. The number of carbonyl (C=O) groups excluding carboxylic acids is 2. The van der Waals surface area contributed by atoms with E-state index in [0.29, 0.717) is 36.9 Å². The van der Waals surface area contributed by atoms with Gasteiger partial charge in [-0.3, -0.25) is 9.59 Å². The lowest BCUT2D eigenvalue weighted by Gasteiger charge is -2.24. The lowest BCUT2D eigenvalue weighted by Crippen LogP contribution is -2.40. The Bertz CT molecular complexity index is 811. The maximum Gasteiger partial charge on any atom is 0.287 e. The molecule has 2 rings (SSSR count). The first-order chi connectivity index (χ1) is 13.6. The zero-order valence-electron chi connectivity index (χ0n) is 18.6. The van der Waals surface area contributed by atoms with Crippen molar-refractivity contribution in [3.05, 3.63) is 47.7 Å². The number of hydrogen-bond acceptors (Lipinski definition) is 3. The quantitative estimate of drug-likeness (QED) is 0.675. The number of carbonyl (C=O) groups is 2. The predicted octanol–water partition coefficient (Wildman–Crippen LogP) is 4.44. The number of aromatic nitrogens is 1. The maximum absolute atomic E-state index is 12.6. The van der Waals surface area contributed by atoms with Gasteiger partial charge in [-0.1, -0.05) is 20.8 Å². The minimum absolute atomic E-state index is 0.189. The van der Waals surface area contributed by atoms with Gasteiger partial charge in [0.15, 0.2) is 5.76 Å². The smallest absolute Gasteiger partial charge is 0.287 e. The summed E-state index contributed by atoms with van der Waals surface area (Å²) < 4.78 is 7.82. The second-order valence-corrected chi connectivity index (χ2v) is 9.01. The molecule has 6 nitrogen and oxygen atoms in total. The van der Waals surface area contributed by atoms with Gasteiger partial charge in [-0.15, -0.1) is 0 Å². The van der Waals surface area contributed by atoms with E-state index in [9.17, 15) is 9.59 Å². The fourth-order valence-corrected chi connectivity index (χ4v) is 3.14. The van der Waals surface area contributed by atoms with Crippen LogP contribution in [-0.4, -0.2) is 33.4 Å². The molecule has 0 saturated carbocycles. The average molecular weight is 402 g/mol. The lowest BCUT2D eigenvalue weighted by atomic mass is 10.1. The second kappa shape index (κ2) is 9.81. The largest absolute Gasteiger partial charge is 0.454 e. The van der Waals surface area contributed by atoms with E-state index in [1.165, 1.54) is 0 Å². The molecule has 1 N–H and O–H groups in total. The van der Waals surface area contributed by atoms with Crippen LogP contribution in [-0.2, 0) is 17.9 Å². The van der Waals surface area contributed by atoms with Crippen molar-refractivity contribution in [2.75, 3.05) is 6.54 Å². The van der Waals surface area contributed by atoms with Gasteiger partial charge < -0.3 is 19.2 Å². The summed E-state index contributed by atoms with van der Waals surface area (Å²) in [6.45, 7) is 13.9. The Morgan fingerprint density at radius 2 is 1.93 bits per heavy atom. The number of furan rings is 1. The highest BCUT2D eigenvalue weighted by Gasteiger charge is 2.19. The highest BCUT2D eigenvalue weighted by atomic mass is 16.4. The van der Waals surface area contributed by atoms with Crippen molar-refractivity contribution >= 4 is 11.8 Å². The van der Waals surface area contributed by atoms with Gasteiger partial charge in [0, 0.05) is 30.4 Å². The first-order valence-corrected chi connectivity index (χ1v) is 10.4. The Kier molecular flexibility index (Phi) is 7.71. The zero-order valence-corrected chi connectivity index (χ0v) is 18.6. The molecule has 6 heteroatoms. The minimum Gasteiger partial charge on any atom is -0.454 e. The summed E-state index contributed by atoms with van der Waals surface area (Å²) in [4.78, 5) is 26.8. The molecule has 0 unspecified atom stereocenters. The Morgan fingerprint density at radius 1 is 1.21 bits per heavy atom. The molecule has 2 aromatic rings. The van der Waals surface area contributed by atoms with Crippen LogP contribution in [0, 0.1) is 5.92 Å². The van der Waals surface area contributed by atoms with Gasteiger partial charge in [0.05, 0.1) is 13.1 Å². The minimum atomic E-state index is -0.317. The van der Waals surface area contributed by atoms with Crippen molar-refractivity contribution in [3.8, 4) is 0 Å². The van der Waals surface area contributed by atoms with Crippen LogP contribution in [0.4, 0.5) is 0 Å². The molecule has 160 valence electrons. The van der Waals surface area contributed by atoms with Crippen LogP contribution < -0.4 is 5.32 Å². The molecule has 0 aromatic carbocycles. The lowest BCUT2D eigenvalue weighted by molar-refractivity contribution is -0.132. The topological polar surface area (TPSA) is 67.5 Å². The molecule has 2 amide bonds. The third kappa shape index (κ3) is 7.11. The number of nitrogens with zero attached hydrogens (tertiary/aromatic N) is 2. The molecule has 0 aliphatic rings. The van der Waals surface area contributed by atoms with Crippen LogP contribution in [0.3, 0.4) is 0 Å². The molecule has 0 spiro atoms. The van der Waals surface area contributed by atoms with E-state index in [0.717, 1.165) is 18.7 Å². The molecule has 2 heterocycles. The summed E-state index contributed by atoms with van der Waals surface area (Å²) >= 11 is 0. The summed E-state index contributed by atoms with van der Waals surface area (Å²) in [7, 11) is 0. The third-order valence-electron chi connectivity index (χ3n) is 4.41. The normalized spacial score (nSPS) is 11.7. The molecule has 0 fully saturated rings.